The first-order chi connectivity index (χ1) is 9.24. The molecular weight excluding hydrogens is 238 g/mol. The molecular formula is C16H23NO2. The van der Waals surface area contributed by atoms with Gasteiger partial charge in [0, 0.05) is 17.5 Å². The Labute approximate surface area is 115 Å². The van der Waals surface area contributed by atoms with E-state index in [2.05, 4.69) is 17.4 Å². The summed E-state index contributed by atoms with van der Waals surface area (Å²) < 4.78 is 5.49. The number of fused-ring (bicyclic) bond motifs is 1. The van der Waals surface area contributed by atoms with Crippen LogP contribution in [-0.2, 0) is 0 Å². The van der Waals surface area contributed by atoms with E-state index in [0.29, 0.717) is 5.92 Å². The van der Waals surface area contributed by atoms with Crippen LogP contribution in [-0.4, -0.2) is 24.4 Å². The van der Waals surface area contributed by atoms with Gasteiger partial charge in [0.2, 0.25) is 0 Å². The lowest BCUT2D eigenvalue weighted by Crippen LogP contribution is -2.53. The highest BCUT2D eigenvalue weighted by Gasteiger charge is 2.46. The van der Waals surface area contributed by atoms with E-state index >= 15 is 0 Å². The first-order valence-electron chi connectivity index (χ1n) is 7.33. The molecule has 2 aliphatic rings. The van der Waals surface area contributed by atoms with Crippen molar-refractivity contribution < 1.29 is 9.84 Å². The molecule has 0 radical (unpaired) electrons. The highest BCUT2D eigenvalue weighted by atomic mass is 16.5. The average molecular weight is 261 g/mol. The fraction of sp³-hybridized carbons (Fsp3) is 0.625. The lowest BCUT2D eigenvalue weighted by Gasteiger charge is -2.48. The van der Waals surface area contributed by atoms with E-state index in [1.54, 1.807) is 7.11 Å². The van der Waals surface area contributed by atoms with E-state index in [-0.39, 0.29) is 6.04 Å². The number of hydrogen-bond acceptors (Lipinski definition) is 3. The average Bonchev–Trinajstić information content (AvgIpc) is 2.46. The fourth-order valence-corrected chi connectivity index (χ4v) is 3.87. The SMILES string of the molecule is COc1ccccc1[C@@H]1NCC[C@]2(O)CCCC[C@@H]12. The van der Waals surface area contributed by atoms with Crippen molar-refractivity contribution in [2.45, 2.75) is 43.7 Å². The minimum absolute atomic E-state index is 0.218. The van der Waals surface area contributed by atoms with Gasteiger partial charge in [-0.15, -0.1) is 0 Å². The molecule has 0 amide bonds. The first kappa shape index (κ1) is 12.9. The van der Waals surface area contributed by atoms with Crippen LogP contribution in [0.2, 0.25) is 0 Å². The van der Waals surface area contributed by atoms with Gasteiger partial charge in [-0.25, -0.2) is 0 Å². The number of hydrogen-bond donors (Lipinski definition) is 2. The number of benzene rings is 1. The van der Waals surface area contributed by atoms with Crippen molar-refractivity contribution in [3.05, 3.63) is 29.8 Å². The van der Waals surface area contributed by atoms with Gasteiger partial charge in [0.05, 0.1) is 12.7 Å². The third-order valence-corrected chi connectivity index (χ3v) is 4.86. The molecule has 1 aliphatic heterocycles. The van der Waals surface area contributed by atoms with Crippen LogP contribution < -0.4 is 10.1 Å². The highest BCUT2D eigenvalue weighted by Crippen LogP contribution is 2.47. The van der Waals surface area contributed by atoms with Crippen molar-refractivity contribution in [2.75, 3.05) is 13.7 Å². The molecule has 1 saturated heterocycles. The van der Waals surface area contributed by atoms with Gasteiger partial charge in [-0.05, 0) is 31.9 Å². The second kappa shape index (κ2) is 5.14. The summed E-state index contributed by atoms with van der Waals surface area (Å²) in [6.45, 7) is 0.885. The summed E-state index contributed by atoms with van der Waals surface area (Å²) >= 11 is 0. The third-order valence-electron chi connectivity index (χ3n) is 4.86. The third kappa shape index (κ3) is 2.26. The van der Waals surface area contributed by atoms with Gasteiger partial charge in [0.25, 0.3) is 0 Å². The van der Waals surface area contributed by atoms with Gasteiger partial charge in [0.1, 0.15) is 5.75 Å². The molecule has 0 spiro atoms. The highest BCUT2D eigenvalue weighted by molar-refractivity contribution is 5.37. The largest absolute Gasteiger partial charge is 0.496 e. The molecule has 2 N–H and O–H groups in total. The van der Waals surface area contributed by atoms with Gasteiger partial charge in [-0.1, -0.05) is 31.0 Å². The molecule has 3 heteroatoms. The van der Waals surface area contributed by atoms with Crippen LogP contribution in [0.25, 0.3) is 0 Å². The van der Waals surface area contributed by atoms with Crippen LogP contribution in [0.1, 0.15) is 43.7 Å². The zero-order valence-electron chi connectivity index (χ0n) is 11.6. The monoisotopic (exact) mass is 261 g/mol. The first-order valence-corrected chi connectivity index (χ1v) is 7.33. The van der Waals surface area contributed by atoms with Crippen molar-refractivity contribution in [1.82, 2.24) is 5.32 Å². The molecule has 1 saturated carbocycles. The molecule has 0 aromatic heterocycles. The van der Waals surface area contributed by atoms with E-state index in [4.69, 9.17) is 4.74 Å². The fourth-order valence-electron chi connectivity index (χ4n) is 3.87. The van der Waals surface area contributed by atoms with Crippen molar-refractivity contribution in [2.24, 2.45) is 5.92 Å². The molecule has 1 aromatic carbocycles. The van der Waals surface area contributed by atoms with Crippen LogP contribution >= 0.6 is 0 Å². The van der Waals surface area contributed by atoms with E-state index < -0.39 is 5.60 Å². The van der Waals surface area contributed by atoms with Crippen LogP contribution in [0.5, 0.6) is 5.75 Å². The minimum atomic E-state index is -0.477. The zero-order chi connectivity index (χ0) is 13.3. The standard InChI is InChI=1S/C16H23NO2/c1-19-14-8-3-2-6-12(14)15-13-7-4-5-9-16(13,18)10-11-17-15/h2-3,6,8,13,15,17-18H,4-5,7,9-11H2,1H3/t13-,15-,16+/m0/s1. The molecule has 19 heavy (non-hydrogen) atoms. The lowest BCUT2D eigenvalue weighted by atomic mass is 9.66. The van der Waals surface area contributed by atoms with Crippen LogP contribution in [0.15, 0.2) is 24.3 Å². The quantitative estimate of drug-likeness (QED) is 0.860. The zero-order valence-corrected chi connectivity index (χ0v) is 11.6. The molecule has 1 aromatic rings. The Morgan fingerprint density at radius 3 is 2.95 bits per heavy atom. The van der Waals surface area contributed by atoms with Crippen molar-refractivity contribution in [3.8, 4) is 5.75 Å². The number of nitrogens with one attached hydrogen (secondary N) is 1. The Kier molecular flexibility index (Phi) is 3.50. The maximum atomic E-state index is 10.9. The maximum absolute atomic E-state index is 10.9. The maximum Gasteiger partial charge on any atom is 0.123 e. The minimum Gasteiger partial charge on any atom is -0.496 e. The summed E-state index contributed by atoms with van der Waals surface area (Å²) in [6.07, 6.45) is 5.31. The van der Waals surface area contributed by atoms with Crippen LogP contribution in [0, 0.1) is 5.92 Å². The number of para-hydroxylation sites is 1. The Morgan fingerprint density at radius 1 is 1.26 bits per heavy atom. The molecule has 0 bridgehead atoms. The van der Waals surface area contributed by atoms with Crippen molar-refractivity contribution in [3.63, 3.8) is 0 Å². The molecule has 3 nitrogen and oxygen atoms in total. The van der Waals surface area contributed by atoms with Gasteiger partial charge in [0.15, 0.2) is 0 Å². The van der Waals surface area contributed by atoms with E-state index in [1.807, 2.05) is 12.1 Å². The van der Waals surface area contributed by atoms with Gasteiger partial charge in [-0.3, -0.25) is 0 Å². The molecule has 1 heterocycles. The van der Waals surface area contributed by atoms with E-state index in [9.17, 15) is 5.11 Å². The van der Waals surface area contributed by atoms with Crippen LogP contribution in [0.4, 0.5) is 0 Å². The number of rotatable bonds is 2. The number of aliphatic hydroxyl groups is 1. The predicted octanol–water partition coefficient (Wildman–Crippen LogP) is 2.65. The van der Waals surface area contributed by atoms with E-state index in [0.717, 1.165) is 38.0 Å². The van der Waals surface area contributed by atoms with Crippen molar-refractivity contribution in [1.29, 1.82) is 0 Å². The van der Waals surface area contributed by atoms with Crippen LogP contribution in [0.3, 0.4) is 0 Å². The number of piperidine rings is 1. The molecule has 1 aliphatic carbocycles. The molecule has 2 fully saturated rings. The number of methoxy groups -OCH3 is 1. The van der Waals surface area contributed by atoms with Gasteiger partial charge in [-0.2, -0.15) is 0 Å². The van der Waals surface area contributed by atoms with Gasteiger partial charge >= 0.3 is 0 Å². The molecule has 0 unspecified atom stereocenters. The summed E-state index contributed by atoms with van der Waals surface area (Å²) in [4.78, 5) is 0. The topological polar surface area (TPSA) is 41.5 Å². The summed E-state index contributed by atoms with van der Waals surface area (Å²) in [5.41, 5.74) is 0.713. The Hall–Kier alpha value is -1.06. The second-order valence-corrected chi connectivity index (χ2v) is 5.88. The smallest absolute Gasteiger partial charge is 0.123 e. The predicted molar refractivity (Wildman–Crippen MR) is 75.3 cm³/mol. The second-order valence-electron chi connectivity index (χ2n) is 5.88. The molecule has 104 valence electrons. The lowest BCUT2D eigenvalue weighted by molar-refractivity contribution is -0.0863. The Balaban J connectivity index is 1.94. The summed E-state index contributed by atoms with van der Waals surface area (Å²) in [7, 11) is 1.72. The summed E-state index contributed by atoms with van der Waals surface area (Å²) in [5, 5.41) is 14.5. The molecule has 3 atom stereocenters. The Morgan fingerprint density at radius 2 is 2.11 bits per heavy atom. The normalized spacial score (nSPS) is 34.6. The van der Waals surface area contributed by atoms with Gasteiger partial charge < -0.3 is 15.2 Å². The summed E-state index contributed by atoms with van der Waals surface area (Å²) in [6, 6.07) is 8.40. The summed E-state index contributed by atoms with van der Waals surface area (Å²) in [5.74, 6) is 1.24. The number of ether oxygens (including phenoxy) is 1. The molecule has 3 rings (SSSR count). The van der Waals surface area contributed by atoms with Crippen molar-refractivity contribution >= 4 is 0 Å². The Bertz CT molecular complexity index is 444. The van der Waals surface area contributed by atoms with E-state index in [1.165, 1.54) is 12.0 Å².